The van der Waals surface area contributed by atoms with E-state index < -0.39 is 15.4 Å². The smallest absolute Gasteiger partial charge is 0.410 e. The largest absolute Gasteiger partial charge is 0.444 e. The van der Waals surface area contributed by atoms with Crippen LogP contribution in [-0.2, 0) is 21.1 Å². The van der Waals surface area contributed by atoms with Crippen molar-refractivity contribution in [3.05, 3.63) is 28.8 Å². The van der Waals surface area contributed by atoms with Gasteiger partial charge in [-0.3, -0.25) is 4.90 Å². The molecule has 1 heterocycles. The Labute approximate surface area is 186 Å². The number of sulfone groups is 1. The van der Waals surface area contributed by atoms with Crippen LogP contribution in [0.2, 0.25) is 5.02 Å². The van der Waals surface area contributed by atoms with Gasteiger partial charge in [0, 0.05) is 43.5 Å². The molecule has 0 bridgehead atoms. The maximum absolute atomic E-state index is 12.3. The number of nitrogens with zero attached hydrogens (tertiary/aromatic N) is 2. The van der Waals surface area contributed by atoms with Crippen LogP contribution in [0.1, 0.15) is 53.0 Å². The molecule has 1 aromatic carbocycles. The second kappa shape index (κ2) is 9.88. The molecular formula is C22H35ClN2O4S. The number of hydrogen-bond acceptors (Lipinski definition) is 5. The van der Waals surface area contributed by atoms with Gasteiger partial charge in [-0.25, -0.2) is 13.2 Å². The molecule has 0 saturated carbocycles. The zero-order valence-electron chi connectivity index (χ0n) is 18.9. The molecule has 0 unspecified atom stereocenters. The summed E-state index contributed by atoms with van der Waals surface area (Å²) in [6, 6.07) is 5.29. The standard InChI is InChI=1S/C22H35ClN2O4S/c1-16(2)14-25(15-17-7-8-19(13-20(17)23)30(6,27)28)18-9-11-24(12-10-18)21(26)29-22(3,4)5/h7-8,13,16,18H,9-12,14-15H2,1-6H3. The summed E-state index contributed by atoms with van der Waals surface area (Å²) < 4.78 is 29.0. The maximum Gasteiger partial charge on any atom is 0.410 e. The minimum atomic E-state index is -3.28. The van der Waals surface area contributed by atoms with E-state index in [-0.39, 0.29) is 11.0 Å². The summed E-state index contributed by atoms with van der Waals surface area (Å²) in [5.41, 5.74) is 0.422. The van der Waals surface area contributed by atoms with Crippen molar-refractivity contribution in [2.24, 2.45) is 5.92 Å². The topological polar surface area (TPSA) is 66.9 Å². The second-order valence-electron chi connectivity index (χ2n) is 9.55. The van der Waals surface area contributed by atoms with Crippen molar-refractivity contribution in [2.75, 3.05) is 25.9 Å². The molecule has 1 fully saturated rings. The van der Waals surface area contributed by atoms with Crippen molar-refractivity contribution in [1.82, 2.24) is 9.80 Å². The van der Waals surface area contributed by atoms with Gasteiger partial charge in [-0.15, -0.1) is 0 Å². The number of amides is 1. The molecule has 2 rings (SSSR count). The Hall–Kier alpha value is -1.31. The predicted molar refractivity (Wildman–Crippen MR) is 121 cm³/mol. The van der Waals surface area contributed by atoms with Crippen LogP contribution < -0.4 is 0 Å². The minimum absolute atomic E-state index is 0.234. The van der Waals surface area contributed by atoms with E-state index in [9.17, 15) is 13.2 Å². The fourth-order valence-electron chi connectivity index (χ4n) is 3.66. The van der Waals surface area contributed by atoms with E-state index in [1.54, 1.807) is 11.0 Å². The van der Waals surface area contributed by atoms with Gasteiger partial charge in [-0.1, -0.05) is 31.5 Å². The van der Waals surface area contributed by atoms with E-state index in [4.69, 9.17) is 16.3 Å². The first-order chi connectivity index (χ1) is 13.8. The average molecular weight is 459 g/mol. The molecule has 30 heavy (non-hydrogen) atoms. The third-order valence-electron chi connectivity index (χ3n) is 5.06. The molecule has 0 aliphatic carbocycles. The normalized spacial score (nSPS) is 16.4. The Morgan fingerprint density at radius 2 is 1.87 bits per heavy atom. The van der Waals surface area contributed by atoms with Gasteiger partial charge in [0.15, 0.2) is 9.84 Å². The van der Waals surface area contributed by atoms with Crippen molar-refractivity contribution in [3.8, 4) is 0 Å². The Morgan fingerprint density at radius 3 is 2.33 bits per heavy atom. The number of ether oxygens (including phenoxy) is 1. The van der Waals surface area contributed by atoms with E-state index in [1.807, 2.05) is 26.8 Å². The second-order valence-corrected chi connectivity index (χ2v) is 12.0. The molecule has 1 saturated heterocycles. The summed E-state index contributed by atoms with van der Waals surface area (Å²) in [5, 5.41) is 0.470. The molecule has 1 aromatic rings. The van der Waals surface area contributed by atoms with Gasteiger partial charge in [0.1, 0.15) is 5.60 Å². The van der Waals surface area contributed by atoms with Crippen molar-refractivity contribution >= 4 is 27.5 Å². The lowest BCUT2D eigenvalue weighted by atomic mass is 10.0. The minimum Gasteiger partial charge on any atom is -0.444 e. The van der Waals surface area contributed by atoms with Crippen LogP contribution in [-0.4, -0.2) is 61.8 Å². The van der Waals surface area contributed by atoms with E-state index in [0.29, 0.717) is 36.6 Å². The highest BCUT2D eigenvalue weighted by molar-refractivity contribution is 7.90. The molecule has 1 aliphatic rings. The molecule has 1 amide bonds. The summed E-state index contributed by atoms with van der Waals surface area (Å²) in [4.78, 5) is 16.8. The zero-order chi connectivity index (χ0) is 22.7. The third kappa shape index (κ3) is 7.43. The number of hydrogen-bond donors (Lipinski definition) is 0. The summed E-state index contributed by atoms with van der Waals surface area (Å²) in [7, 11) is -3.28. The Morgan fingerprint density at radius 1 is 1.27 bits per heavy atom. The number of carbonyl (C=O) groups excluding carboxylic acids is 1. The molecule has 0 radical (unpaired) electrons. The first-order valence-electron chi connectivity index (χ1n) is 10.5. The molecule has 0 atom stereocenters. The highest BCUT2D eigenvalue weighted by Crippen LogP contribution is 2.26. The van der Waals surface area contributed by atoms with Crippen molar-refractivity contribution in [3.63, 3.8) is 0 Å². The molecule has 0 spiro atoms. The van der Waals surface area contributed by atoms with E-state index in [2.05, 4.69) is 18.7 Å². The maximum atomic E-state index is 12.3. The summed E-state index contributed by atoms with van der Waals surface area (Å²) >= 11 is 6.42. The fourth-order valence-corrected chi connectivity index (χ4v) is 4.61. The Balaban J connectivity index is 2.08. The van der Waals surface area contributed by atoms with Crippen molar-refractivity contribution < 1.29 is 17.9 Å². The summed E-state index contributed by atoms with van der Waals surface area (Å²) in [6.07, 6.45) is 2.66. The lowest BCUT2D eigenvalue weighted by Crippen LogP contribution is -2.48. The number of benzene rings is 1. The highest BCUT2D eigenvalue weighted by atomic mass is 35.5. The van der Waals surface area contributed by atoms with Crippen LogP contribution in [0.4, 0.5) is 4.79 Å². The van der Waals surface area contributed by atoms with Gasteiger partial charge >= 0.3 is 6.09 Å². The number of likely N-dealkylation sites (tertiary alicyclic amines) is 1. The molecule has 170 valence electrons. The van der Waals surface area contributed by atoms with Gasteiger partial charge in [0.05, 0.1) is 4.90 Å². The zero-order valence-corrected chi connectivity index (χ0v) is 20.5. The number of halogens is 1. The SMILES string of the molecule is CC(C)CN(Cc1ccc(S(C)(=O)=O)cc1Cl)C1CCN(C(=O)OC(C)(C)C)CC1. The first kappa shape index (κ1) is 25.0. The van der Waals surface area contributed by atoms with E-state index in [1.165, 1.54) is 12.3 Å². The van der Waals surface area contributed by atoms with Crippen LogP contribution in [0.25, 0.3) is 0 Å². The quantitative estimate of drug-likeness (QED) is 0.623. The third-order valence-corrected chi connectivity index (χ3v) is 6.52. The van der Waals surface area contributed by atoms with E-state index in [0.717, 1.165) is 24.9 Å². The molecule has 0 aromatic heterocycles. The molecule has 6 nitrogen and oxygen atoms in total. The lowest BCUT2D eigenvalue weighted by Gasteiger charge is -2.39. The fraction of sp³-hybridized carbons (Fsp3) is 0.682. The Kier molecular flexibility index (Phi) is 8.22. The lowest BCUT2D eigenvalue weighted by molar-refractivity contribution is 0.0129. The van der Waals surface area contributed by atoms with Crippen molar-refractivity contribution in [1.29, 1.82) is 0 Å². The van der Waals surface area contributed by atoms with Gasteiger partial charge in [-0.05, 0) is 57.2 Å². The number of piperidine rings is 1. The van der Waals surface area contributed by atoms with Gasteiger partial charge in [0.25, 0.3) is 0 Å². The highest BCUT2D eigenvalue weighted by Gasteiger charge is 2.30. The average Bonchev–Trinajstić information content (AvgIpc) is 2.60. The first-order valence-corrected chi connectivity index (χ1v) is 12.7. The van der Waals surface area contributed by atoms with Crippen molar-refractivity contribution in [2.45, 2.75) is 70.5 Å². The Bertz CT molecular complexity index is 841. The monoisotopic (exact) mass is 458 g/mol. The predicted octanol–water partition coefficient (Wildman–Crippen LogP) is 4.60. The van der Waals surface area contributed by atoms with Crippen LogP contribution in [0, 0.1) is 5.92 Å². The molecule has 0 N–H and O–H groups in total. The van der Waals surface area contributed by atoms with E-state index >= 15 is 0 Å². The van der Waals surface area contributed by atoms with Crippen LogP contribution in [0.5, 0.6) is 0 Å². The molecule has 8 heteroatoms. The number of rotatable bonds is 6. The van der Waals surface area contributed by atoms with Crippen LogP contribution in [0.15, 0.2) is 23.1 Å². The molecule has 1 aliphatic heterocycles. The summed E-state index contributed by atoms with van der Waals surface area (Å²) in [5.74, 6) is 0.475. The van der Waals surface area contributed by atoms with Gasteiger partial charge < -0.3 is 9.64 Å². The van der Waals surface area contributed by atoms with Crippen LogP contribution >= 0.6 is 11.6 Å². The number of carbonyl (C=O) groups is 1. The van der Waals surface area contributed by atoms with Gasteiger partial charge in [-0.2, -0.15) is 0 Å². The van der Waals surface area contributed by atoms with Crippen LogP contribution in [0.3, 0.4) is 0 Å². The summed E-state index contributed by atoms with van der Waals surface area (Å²) in [6.45, 7) is 12.9. The van der Waals surface area contributed by atoms with Gasteiger partial charge in [0.2, 0.25) is 0 Å². The molecular weight excluding hydrogens is 424 g/mol.